The highest BCUT2D eigenvalue weighted by Crippen LogP contribution is 2.23. The number of hydrogen-bond acceptors (Lipinski definition) is 3. The van der Waals surface area contributed by atoms with E-state index < -0.39 is 0 Å². The zero-order valence-corrected chi connectivity index (χ0v) is 11.2. The highest BCUT2D eigenvalue weighted by Gasteiger charge is 2.11. The largest absolute Gasteiger partial charge is 0.507 e. The van der Waals surface area contributed by atoms with Gasteiger partial charge in [-0.1, -0.05) is 15.9 Å². The van der Waals surface area contributed by atoms with Gasteiger partial charge >= 0.3 is 0 Å². The average Bonchev–Trinajstić information content (AvgIpc) is 2.28. The van der Waals surface area contributed by atoms with E-state index in [0.717, 1.165) is 10.2 Å². The minimum Gasteiger partial charge on any atom is -0.507 e. The molecular weight excluding hydrogens is 296 g/mol. The molecule has 0 bridgehead atoms. The quantitative estimate of drug-likeness (QED) is 0.896. The second-order valence-electron chi connectivity index (χ2n) is 3.80. The fourth-order valence-electron chi connectivity index (χ4n) is 1.52. The first-order valence-electron chi connectivity index (χ1n) is 5.29. The molecule has 2 rings (SSSR count). The molecule has 18 heavy (non-hydrogen) atoms. The number of amides is 1. The minimum absolute atomic E-state index is 0.0624. The third-order valence-electron chi connectivity index (χ3n) is 2.36. The van der Waals surface area contributed by atoms with Crippen molar-refractivity contribution in [1.82, 2.24) is 4.98 Å². The maximum absolute atomic E-state index is 12.0. The van der Waals surface area contributed by atoms with E-state index >= 15 is 0 Å². The number of aromatic nitrogens is 1. The molecule has 0 fully saturated rings. The molecule has 0 aliphatic heterocycles. The van der Waals surface area contributed by atoms with Crippen LogP contribution in [-0.2, 0) is 0 Å². The van der Waals surface area contributed by atoms with Gasteiger partial charge in [-0.2, -0.15) is 0 Å². The molecule has 5 heteroatoms. The van der Waals surface area contributed by atoms with Crippen molar-refractivity contribution in [3.63, 3.8) is 0 Å². The molecule has 0 radical (unpaired) electrons. The van der Waals surface area contributed by atoms with Crippen LogP contribution in [0.15, 0.2) is 41.0 Å². The van der Waals surface area contributed by atoms with Crippen LogP contribution in [0, 0.1) is 6.92 Å². The third kappa shape index (κ3) is 2.87. The number of carbonyl (C=O) groups is 1. The van der Waals surface area contributed by atoms with Gasteiger partial charge in [-0.15, -0.1) is 0 Å². The lowest BCUT2D eigenvalue weighted by Gasteiger charge is -2.07. The van der Waals surface area contributed by atoms with Crippen molar-refractivity contribution in [1.29, 1.82) is 0 Å². The number of nitrogens with zero attached hydrogens (tertiary/aromatic N) is 1. The molecular formula is C13H11BrN2O2. The van der Waals surface area contributed by atoms with Gasteiger partial charge < -0.3 is 10.4 Å². The molecule has 1 amide bonds. The van der Waals surface area contributed by atoms with Gasteiger partial charge in [0.1, 0.15) is 5.75 Å². The maximum atomic E-state index is 12.0. The third-order valence-corrected chi connectivity index (χ3v) is 2.85. The molecule has 0 aliphatic carbocycles. The number of rotatable bonds is 2. The van der Waals surface area contributed by atoms with Crippen LogP contribution in [0.25, 0.3) is 0 Å². The number of aryl methyl sites for hydroxylation is 1. The predicted octanol–water partition coefficient (Wildman–Crippen LogP) is 3.11. The van der Waals surface area contributed by atoms with E-state index in [1.54, 1.807) is 30.5 Å². The first-order chi connectivity index (χ1) is 8.56. The number of nitrogens with one attached hydrogen (secondary N) is 1. The van der Waals surface area contributed by atoms with Gasteiger partial charge in [0, 0.05) is 22.1 Å². The van der Waals surface area contributed by atoms with E-state index in [9.17, 15) is 9.90 Å². The number of anilines is 1. The maximum Gasteiger partial charge on any atom is 0.259 e. The van der Waals surface area contributed by atoms with Crippen LogP contribution in [0.2, 0.25) is 0 Å². The summed E-state index contributed by atoms with van der Waals surface area (Å²) in [6.07, 6.45) is 1.62. The van der Waals surface area contributed by atoms with E-state index in [1.165, 1.54) is 6.07 Å². The molecule has 2 aromatic rings. The second-order valence-corrected chi connectivity index (χ2v) is 4.72. The SMILES string of the molecule is Cc1cc(NC(=O)c2ccc(Br)cc2O)ccn1. The van der Waals surface area contributed by atoms with Crippen LogP contribution in [0.5, 0.6) is 5.75 Å². The number of halogens is 1. The van der Waals surface area contributed by atoms with Gasteiger partial charge in [-0.05, 0) is 37.3 Å². The van der Waals surface area contributed by atoms with Gasteiger partial charge in [-0.25, -0.2) is 0 Å². The molecule has 0 spiro atoms. The van der Waals surface area contributed by atoms with E-state index in [4.69, 9.17) is 0 Å². The van der Waals surface area contributed by atoms with E-state index in [1.807, 2.05) is 6.92 Å². The summed E-state index contributed by atoms with van der Waals surface area (Å²) >= 11 is 3.22. The zero-order valence-electron chi connectivity index (χ0n) is 9.64. The lowest BCUT2D eigenvalue weighted by molar-refractivity contribution is 0.102. The fourth-order valence-corrected chi connectivity index (χ4v) is 1.87. The summed E-state index contributed by atoms with van der Waals surface area (Å²) in [7, 11) is 0. The number of pyridine rings is 1. The summed E-state index contributed by atoms with van der Waals surface area (Å²) in [6.45, 7) is 1.84. The first-order valence-corrected chi connectivity index (χ1v) is 6.08. The van der Waals surface area contributed by atoms with Crippen LogP contribution in [0.4, 0.5) is 5.69 Å². The molecule has 92 valence electrons. The van der Waals surface area contributed by atoms with Gasteiger partial charge in [0.05, 0.1) is 5.56 Å². The minimum atomic E-state index is -0.356. The van der Waals surface area contributed by atoms with Crippen LogP contribution in [0.1, 0.15) is 16.1 Å². The van der Waals surface area contributed by atoms with Crippen molar-refractivity contribution in [3.8, 4) is 5.75 Å². The number of benzene rings is 1. The average molecular weight is 307 g/mol. The lowest BCUT2D eigenvalue weighted by atomic mass is 10.2. The highest BCUT2D eigenvalue weighted by molar-refractivity contribution is 9.10. The second kappa shape index (κ2) is 5.18. The Labute approximate surface area is 113 Å². The van der Waals surface area contributed by atoms with Crippen molar-refractivity contribution in [2.45, 2.75) is 6.92 Å². The molecule has 0 saturated carbocycles. The topological polar surface area (TPSA) is 62.2 Å². The van der Waals surface area contributed by atoms with Crippen molar-refractivity contribution >= 4 is 27.5 Å². The summed E-state index contributed by atoms with van der Waals surface area (Å²) < 4.78 is 0.719. The normalized spacial score (nSPS) is 10.1. The van der Waals surface area contributed by atoms with Crippen LogP contribution < -0.4 is 5.32 Å². The number of aromatic hydroxyl groups is 1. The van der Waals surface area contributed by atoms with Gasteiger partial charge in [0.15, 0.2) is 0 Å². The van der Waals surface area contributed by atoms with Gasteiger partial charge in [0.2, 0.25) is 0 Å². The highest BCUT2D eigenvalue weighted by atomic mass is 79.9. The lowest BCUT2D eigenvalue weighted by Crippen LogP contribution is -2.12. The van der Waals surface area contributed by atoms with Crippen molar-refractivity contribution in [2.24, 2.45) is 0 Å². The van der Waals surface area contributed by atoms with Crippen LogP contribution >= 0.6 is 15.9 Å². The summed E-state index contributed by atoms with van der Waals surface area (Å²) in [5.41, 5.74) is 1.69. The number of carbonyl (C=O) groups excluding carboxylic acids is 1. The zero-order chi connectivity index (χ0) is 13.1. The Hall–Kier alpha value is -1.88. The molecule has 1 aromatic heterocycles. The molecule has 4 nitrogen and oxygen atoms in total. The Morgan fingerprint density at radius 1 is 1.33 bits per heavy atom. The standard InChI is InChI=1S/C13H11BrN2O2/c1-8-6-10(4-5-15-8)16-13(18)11-3-2-9(14)7-12(11)17/h2-7,17H,1H3,(H,15,16,18). The fraction of sp³-hybridized carbons (Fsp3) is 0.0769. The number of hydrogen-bond donors (Lipinski definition) is 2. The van der Waals surface area contributed by atoms with Crippen molar-refractivity contribution in [2.75, 3.05) is 5.32 Å². The van der Waals surface area contributed by atoms with E-state index in [0.29, 0.717) is 5.69 Å². The summed E-state index contributed by atoms with van der Waals surface area (Å²) in [5.74, 6) is -0.418. The van der Waals surface area contributed by atoms with E-state index in [-0.39, 0.29) is 17.2 Å². The van der Waals surface area contributed by atoms with Gasteiger partial charge in [-0.3, -0.25) is 9.78 Å². The van der Waals surface area contributed by atoms with E-state index in [2.05, 4.69) is 26.2 Å². The van der Waals surface area contributed by atoms with Crippen LogP contribution in [0.3, 0.4) is 0 Å². The monoisotopic (exact) mass is 306 g/mol. The Morgan fingerprint density at radius 2 is 2.11 bits per heavy atom. The number of phenols is 1. The summed E-state index contributed by atoms with van der Waals surface area (Å²) in [5, 5.41) is 12.4. The van der Waals surface area contributed by atoms with Crippen molar-refractivity contribution < 1.29 is 9.90 Å². The molecule has 0 atom stereocenters. The van der Waals surface area contributed by atoms with Crippen molar-refractivity contribution in [3.05, 3.63) is 52.3 Å². The molecule has 0 aliphatic rings. The molecule has 0 saturated heterocycles. The first kappa shape index (κ1) is 12.6. The Morgan fingerprint density at radius 3 is 2.78 bits per heavy atom. The predicted molar refractivity (Wildman–Crippen MR) is 72.7 cm³/mol. The molecule has 0 unspecified atom stereocenters. The number of phenolic OH excluding ortho intramolecular Hbond substituents is 1. The smallest absolute Gasteiger partial charge is 0.259 e. The molecule has 1 aromatic carbocycles. The van der Waals surface area contributed by atoms with Gasteiger partial charge in [0.25, 0.3) is 5.91 Å². The summed E-state index contributed by atoms with van der Waals surface area (Å²) in [4.78, 5) is 16.0. The Bertz CT molecular complexity index is 599. The molecule has 2 N–H and O–H groups in total. The Kier molecular flexibility index (Phi) is 3.62. The summed E-state index contributed by atoms with van der Waals surface area (Å²) in [6, 6.07) is 8.19. The van der Waals surface area contributed by atoms with Crippen LogP contribution in [-0.4, -0.2) is 16.0 Å². The Balaban J connectivity index is 2.22. The molecule has 1 heterocycles.